The van der Waals surface area contributed by atoms with Crippen molar-refractivity contribution < 1.29 is 4.42 Å². The van der Waals surface area contributed by atoms with Crippen LogP contribution in [0.25, 0.3) is 0 Å². The van der Waals surface area contributed by atoms with Crippen LogP contribution in [0.1, 0.15) is 48.0 Å². The number of rotatable bonds is 5. The van der Waals surface area contributed by atoms with Crippen LogP contribution in [0.3, 0.4) is 0 Å². The first-order valence-corrected chi connectivity index (χ1v) is 8.65. The molecular weight excluding hydrogens is 284 g/mol. The maximum atomic E-state index is 5.79. The van der Waals surface area contributed by atoms with E-state index in [2.05, 4.69) is 60.3 Å². The molecule has 0 saturated carbocycles. The van der Waals surface area contributed by atoms with Crippen LogP contribution in [0.4, 0.5) is 0 Å². The van der Waals surface area contributed by atoms with E-state index in [4.69, 9.17) is 4.42 Å². The van der Waals surface area contributed by atoms with Crippen molar-refractivity contribution in [1.29, 1.82) is 0 Å². The average Bonchev–Trinajstić information content (AvgIpc) is 2.93. The summed E-state index contributed by atoms with van der Waals surface area (Å²) in [5.41, 5.74) is 2.82. The second-order valence-corrected chi connectivity index (χ2v) is 6.97. The number of piperidine rings is 1. The predicted molar refractivity (Wildman–Crippen MR) is 94.3 cm³/mol. The molecule has 3 heteroatoms. The lowest BCUT2D eigenvalue weighted by molar-refractivity contribution is 0.130. The fraction of sp³-hybridized carbons (Fsp3) is 0.500. The van der Waals surface area contributed by atoms with Crippen molar-refractivity contribution in [2.24, 2.45) is 0 Å². The second kappa shape index (κ2) is 7.33. The molecule has 0 amide bonds. The lowest BCUT2D eigenvalue weighted by Gasteiger charge is -2.35. The fourth-order valence-corrected chi connectivity index (χ4v) is 3.54. The average molecular weight is 312 g/mol. The number of furan rings is 1. The van der Waals surface area contributed by atoms with Crippen molar-refractivity contribution in [3.05, 3.63) is 59.0 Å². The summed E-state index contributed by atoms with van der Waals surface area (Å²) in [6.45, 7) is 5.09. The fourth-order valence-electron chi connectivity index (χ4n) is 3.54. The van der Waals surface area contributed by atoms with E-state index in [1.165, 1.54) is 30.4 Å². The Hall–Kier alpha value is -1.58. The molecule has 1 aromatic heterocycles. The van der Waals surface area contributed by atoms with Crippen molar-refractivity contribution in [3.8, 4) is 0 Å². The third kappa shape index (κ3) is 4.24. The van der Waals surface area contributed by atoms with Gasteiger partial charge in [-0.15, -0.1) is 0 Å². The molecule has 1 fully saturated rings. The van der Waals surface area contributed by atoms with Crippen molar-refractivity contribution in [3.63, 3.8) is 0 Å². The molecule has 0 N–H and O–H groups in total. The zero-order valence-electron chi connectivity index (χ0n) is 14.6. The Morgan fingerprint density at radius 2 is 1.87 bits per heavy atom. The van der Waals surface area contributed by atoms with Gasteiger partial charge >= 0.3 is 0 Å². The topological polar surface area (TPSA) is 19.6 Å². The minimum Gasteiger partial charge on any atom is -0.465 e. The van der Waals surface area contributed by atoms with E-state index in [0.717, 1.165) is 31.2 Å². The standard InChI is InChI=1S/C20H28N2O/c1-16-7-12-19(23-16)15-22-13-5-4-6-20(22)18-10-8-17(9-11-18)14-21(2)3/h7-12,20H,4-6,13-15H2,1-3H3. The summed E-state index contributed by atoms with van der Waals surface area (Å²) in [7, 11) is 4.23. The van der Waals surface area contributed by atoms with Crippen molar-refractivity contribution in [1.82, 2.24) is 9.80 Å². The van der Waals surface area contributed by atoms with Gasteiger partial charge in [0.25, 0.3) is 0 Å². The zero-order chi connectivity index (χ0) is 16.2. The number of aryl methyl sites for hydroxylation is 1. The summed E-state index contributed by atoms with van der Waals surface area (Å²) < 4.78 is 5.79. The van der Waals surface area contributed by atoms with E-state index < -0.39 is 0 Å². The highest BCUT2D eigenvalue weighted by Crippen LogP contribution is 2.32. The molecule has 3 nitrogen and oxygen atoms in total. The summed E-state index contributed by atoms with van der Waals surface area (Å²) in [4.78, 5) is 4.78. The van der Waals surface area contributed by atoms with Crippen LogP contribution >= 0.6 is 0 Å². The lowest BCUT2D eigenvalue weighted by Crippen LogP contribution is -2.32. The predicted octanol–water partition coefficient (Wildman–Crippen LogP) is 4.38. The number of hydrogen-bond acceptors (Lipinski definition) is 3. The lowest BCUT2D eigenvalue weighted by atomic mass is 9.94. The van der Waals surface area contributed by atoms with E-state index in [-0.39, 0.29) is 0 Å². The number of nitrogens with zero attached hydrogens (tertiary/aromatic N) is 2. The molecule has 0 radical (unpaired) electrons. The highest BCUT2D eigenvalue weighted by molar-refractivity contribution is 5.25. The molecule has 1 atom stereocenters. The van der Waals surface area contributed by atoms with Crippen molar-refractivity contribution in [2.75, 3.05) is 20.6 Å². The van der Waals surface area contributed by atoms with Crippen LogP contribution in [0.2, 0.25) is 0 Å². The molecule has 0 bridgehead atoms. The molecular formula is C20H28N2O. The third-order valence-corrected chi connectivity index (χ3v) is 4.63. The van der Waals surface area contributed by atoms with E-state index in [1.807, 2.05) is 6.92 Å². The van der Waals surface area contributed by atoms with Crippen LogP contribution in [0, 0.1) is 6.92 Å². The Bertz CT molecular complexity index is 615. The monoisotopic (exact) mass is 312 g/mol. The molecule has 0 aliphatic carbocycles. The summed E-state index contributed by atoms with van der Waals surface area (Å²) in [5.74, 6) is 2.08. The van der Waals surface area contributed by atoms with Gasteiger partial charge in [-0.05, 0) is 63.7 Å². The molecule has 3 rings (SSSR count). The maximum Gasteiger partial charge on any atom is 0.118 e. The minimum atomic E-state index is 0.516. The maximum absolute atomic E-state index is 5.79. The van der Waals surface area contributed by atoms with Gasteiger partial charge in [-0.2, -0.15) is 0 Å². The Kier molecular flexibility index (Phi) is 5.19. The molecule has 1 saturated heterocycles. The molecule has 0 spiro atoms. The summed E-state index contributed by atoms with van der Waals surface area (Å²) in [5, 5.41) is 0. The Morgan fingerprint density at radius 1 is 1.09 bits per heavy atom. The van der Waals surface area contributed by atoms with Gasteiger partial charge in [-0.1, -0.05) is 30.7 Å². The van der Waals surface area contributed by atoms with Crippen LogP contribution in [-0.4, -0.2) is 30.4 Å². The van der Waals surface area contributed by atoms with E-state index in [9.17, 15) is 0 Å². The van der Waals surface area contributed by atoms with E-state index >= 15 is 0 Å². The molecule has 1 aromatic carbocycles. The van der Waals surface area contributed by atoms with Gasteiger partial charge in [0.15, 0.2) is 0 Å². The van der Waals surface area contributed by atoms with Gasteiger partial charge in [0, 0.05) is 12.6 Å². The van der Waals surface area contributed by atoms with Crippen molar-refractivity contribution >= 4 is 0 Å². The normalized spacial score (nSPS) is 19.4. The van der Waals surface area contributed by atoms with E-state index in [1.54, 1.807) is 0 Å². The highest BCUT2D eigenvalue weighted by Gasteiger charge is 2.24. The van der Waals surface area contributed by atoms with Gasteiger partial charge in [0.2, 0.25) is 0 Å². The molecule has 1 unspecified atom stereocenters. The van der Waals surface area contributed by atoms with Crippen LogP contribution in [0.15, 0.2) is 40.8 Å². The first-order chi connectivity index (χ1) is 11.1. The van der Waals surface area contributed by atoms with Gasteiger partial charge in [-0.25, -0.2) is 0 Å². The molecule has 23 heavy (non-hydrogen) atoms. The summed E-state index contributed by atoms with van der Waals surface area (Å²) >= 11 is 0. The van der Waals surface area contributed by atoms with Gasteiger partial charge < -0.3 is 9.32 Å². The summed E-state index contributed by atoms with van der Waals surface area (Å²) in [6, 6.07) is 13.9. The SMILES string of the molecule is Cc1ccc(CN2CCCCC2c2ccc(CN(C)C)cc2)o1. The Morgan fingerprint density at radius 3 is 2.52 bits per heavy atom. The van der Waals surface area contributed by atoms with Crippen LogP contribution in [0.5, 0.6) is 0 Å². The quantitative estimate of drug-likeness (QED) is 0.817. The molecule has 124 valence electrons. The highest BCUT2D eigenvalue weighted by atomic mass is 16.3. The Balaban J connectivity index is 1.72. The molecule has 1 aliphatic heterocycles. The summed E-state index contributed by atoms with van der Waals surface area (Å²) in [6.07, 6.45) is 3.85. The first kappa shape index (κ1) is 16.3. The number of hydrogen-bond donors (Lipinski definition) is 0. The van der Waals surface area contributed by atoms with Crippen LogP contribution in [-0.2, 0) is 13.1 Å². The third-order valence-electron chi connectivity index (χ3n) is 4.63. The smallest absolute Gasteiger partial charge is 0.118 e. The number of likely N-dealkylation sites (tertiary alicyclic amines) is 1. The van der Waals surface area contributed by atoms with Crippen molar-refractivity contribution in [2.45, 2.75) is 45.3 Å². The first-order valence-electron chi connectivity index (χ1n) is 8.65. The largest absolute Gasteiger partial charge is 0.465 e. The molecule has 2 aromatic rings. The van der Waals surface area contributed by atoms with Crippen LogP contribution < -0.4 is 0 Å². The number of benzene rings is 1. The van der Waals surface area contributed by atoms with E-state index in [0.29, 0.717) is 6.04 Å². The Labute approximate surface area is 139 Å². The van der Waals surface area contributed by atoms with Gasteiger partial charge in [0.1, 0.15) is 11.5 Å². The second-order valence-electron chi connectivity index (χ2n) is 6.97. The zero-order valence-corrected chi connectivity index (χ0v) is 14.6. The van der Waals surface area contributed by atoms with Gasteiger partial charge in [0.05, 0.1) is 6.54 Å². The minimum absolute atomic E-state index is 0.516. The molecule has 1 aliphatic rings. The van der Waals surface area contributed by atoms with Gasteiger partial charge in [-0.3, -0.25) is 4.90 Å². The molecule has 2 heterocycles.